The van der Waals surface area contributed by atoms with Crippen molar-refractivity contribution in [1.82, 2.24) is 9.47 Å². The van der Waals surface area contributed by atoms with E-state index in [4.69, 9.17) is 5.11 Å². The zero-order chi connectivity index (χ0) is 14.2. The molecule has 1 amide bonds. The first-order valence-electron chi connectivity index (χ1n) is 6.31. The molecule has 1 aliphatic rings. The number of halogens is 1. The highest BCUT2D eigenvalue weighted by Gasteiger charge is 2.37. The number of aromatic nitrogens is 1. The van der Waals surface area contributed by atoms with Crippen molar-refractivity contribution in [3.05, 3.63) is 22.4 Å². The van der Waals surface area contributed by atoms with E-state index in [-0.39, 0.29) is 11.8 Å². The lowest BCUT2D eigenvalue weighted by molar-refractivity contribution is -0.142. The molecule has 0 unspecified atom stereocenters. The van der Waals surface area contributed by atoms with Gasteiger partial charge in [-0.05, 0) is 34.8 Å². The van der Waals surface area contributed by atoms with Gasteiger partial charge < -0.3 is 14.6 Å². The highest BCUT2D eigenvalue weighted by atomic mass is 79.9. The molecule has 0 radical (unpaired) electrons. The lowest BCUT2D eigenvalue weighted by atomic mass is 9.99. The Morgan fingerprint density at radius 1 is 1.47 bits per heavy atom. The van der Waals surface area contributed by atoms with Crippen LogP contribution in [0.15, 0.2) is 16.7 Å². The third-order valence-corrected chi connectivity index (χ3v) is 4.07. The van der Waals surface area contributed by atoms with Gasteiger partial charge in [0.2, 0.25) is 0 Å². The predicted octanol–water partition coefficient (Wildman–Crippen LogP) is 2.06. The molecule has 0 aliphatic carbocycles. The van der Waals surface area contributed by atoms with Crippen LogP contribution in [0.3, 0.4) is 0 Å². The highest BCUT2D eigenvalue weighted by Crippen LogP contribution is 2.26. The third kappa shape index (κ3) is 2.68. The standard InChI is InChI=1S/C13H17BrN2O3/c1-3-15-6-9(14)4-11(15)12(17)16-5-8(2)10(7-16)13(18)19/h4,6,8,10H,3,5,7H2,1-2H3,(H,18,19)/t8-,10-/m1/s1. The fraction of sp³-hybridized carbons (Fsp3) is 0.538. The van der Waals surface area contributed by atoms with Gasteiger partial charge in [0.25, 0.3) is 5.91 Å². The Labute approximate surface area is 120 Å². The van der Waals surface area contributed by atoms with Crippen LogP contribution in [0, 0.1) is 11.8 Å². The van der Waals surface area contributed by atoms with Crippen molar-refractivity contribution in [2.75, 3.05) is 13.1 Å². The minimum Gasteiger partial charge on any atom is -0.481 e. The number of carbonyl (C=O) groups excluding carboxylic acids is 1. The van der Waals surface area contributed by atoms with Crippen LogP contribution in [0.1, 0.15) is 24.3 Å². The van der Waals surface area contributed by atoms with Crippen molar-refractivity contribution in [1.29, 1.82) is 0 Å². The average molecular weight is 329 g/mol. The Balaban J connectivity index is 2.19. The van der Waals surface area contributed by atoms with Crippen molar-refractivity contribution >= 4 is 27.8 Å². The third-order valence-electron chi connectivity index (χ3n) is 3.64. The average Bonchev–Trinajstić information content (AvgIpc) is 2.91. The molecule has 104 valence electrons. The van der Waals surface area contributed by atoms with E-state index in [9.17, 15) is 9.59 Å². The van der Waals surface area contributed by atoms with Crippen LogP contribution in [-0.4, -0.2) is 39.5 Å². The molecule has 6 heteroatoms. The zero-order valence-corrected chi connectivity index (χ0v) is 12.6. The molecule has 1 aromatic rings. The van der Waals surface area contributed by atoms with E-state index in [2.05, 4.69) is 15.9 Å². The number of nitrogens with zero attached hydrogens (tertiary/aromatic N) is 2. The van der Waals surface area contributed by atoms with E-state index >= 15 is 0 Å². The summed E-state index contributed by atoms with van der Waals surface area (Å²) in [5, 5.41) is 9.11. The largest absolute Gasteiger partial charge is 0.481 e. The molecule has 5 nitrogen and oxygen atoms in total. The molecule has 1 N–H and O–H groups in total. The van der Waals surface area contributed by atoms with Crippen LogP contribution in [0.4, 0.5) is 0 Å². The maximum Gasteiger partial charge on any atom is 0.308 e. The summed E-state index contributed by atoms with van der Waals surface area (Å²) in [6.07, 6.45) is 1.86. The molecular formula is C13H17BrN2O3. The van der Waals surface area contributed by atoms with Gasteiger partial charge in [0.15, 0.2) is 0 Å². The second-order valence-corrected chi connectivity index (χ2v) is 5.88. The minimum absolute atomic E-state index is 0.00469. The number of aliphatic carboxylic acids is 1. The number of carboxylic acid groups (broad SMARTS) is 1. The topological polar surface area (TPSA) is 62.5 Å². The predicted molar refractivity (Wildman–Crippen MR) is 74.0 cm³/mol. The lowest BCUT2D eigenvalue weighted by Gasteiger charge is -2.16. The summed E-state index contributed by atoms with van der Waals surface area (Å²) in [4.78, 5) is 25.2. The van der Waals surface area contributed by atoms with Gasteiger partial charge in [-0.2, -0.15) is 0 Å². The van der Waals surface area contributed by atoms with Gasteiger partial charge in [-0.3, -0.25) is 9.59 Å². The van der Waals surface area contributed by atoms with Crippen molar-refractivity contribution < 1.29 is 14.7 Å². The van der Waals surface area contributed by atoms with E-state index in [1.54, 1.807) is 11.0 Å². The fourth-order valence-electron chi connectivity index (χ4n) is 2.53. The summed E-state index contributed by atoms with van der Waals surface area (Å²) in [7, 11) is 0. The van der Waals surface area contributed by atoms with Crippen LogP contribution in [0.2, 0.25) is 0 Å². The molecule has 2 heterocycles. The zero-order valence-electron chi connectivity index (χ0n) is 11.0. The highest BCUT2D eigenvalue weighted by molar-refractivity contribution is 9.10. The molecule has 1 aromatic heterocycles. The van der Waals surface area contributed by atoms with Gasteiger partial charge in [-0.1, -0.05) is 6.92 Å². The van der Waals surface area contributed by atoms with Crippen molar-refractivity contribution in [2.24, 2.45) is 11.8 Å². The quantitative estimate of drug-likeness (QED) is 0.923. The maximum atomic E-state index is 12.4. The molecule has 1 aliphatic heterocycles. The Morgan fingerprint density at radius 2 is 2.16 bits per heavy atom. The summed E-state index contributed by atoms with van der Waals surface area (Å²) >= 11 is 3.36. The van der Waals surface area contributed by atoms with E-state index in [0.717, 1.165) is 4.47 Å². The minimum atomic E-state index is -0.824. The first kappa shape index (κ1) is 14.1. The Kier molecular flexibility index (Phi) is 3.99. The van der Waals surface area contributed by atoms with Crippen LogP contribution in [0.5, 0.6) is 0 Å². The van der Waals surface area contributed by atoms with E-state index in [1.807, 2.05) is 24.6 Å². The number of carbonyl (C=O) groups is 2. The van der Waals surface area contributed by atoms with Crippen molar-refractivity contribution in [2.45, 2.75) is 20.4 Å². The van der Waals surface area contributed by atoms with Gasteiger partial charge >= 0.3 is 5.97 Å². The number of carboxylic acids is 1. The van der Waals surface area contributed by atoms with Gasteiger partial charge in [0.05, 0.1) is 5.92 Å². The summed E-state index contributed by atoms with van der Waals surface area (Å²) < 4.78 is 2.73. The van der Waals surface area contributed by atoms with Crippen molar-refractivity contribution in [3.63, 3.8) is 0 Å². The Morgan fingerprint density at radius 3 is 2.68 bits per heavy atom. The molecule has 1 saturated heterocycles. The molecule has 2 atom stereocenters. The van der Waals surface area contributed by atoms with E-state index < -0.39 is 11.9 Å². The monoisotopic (exact) mass is 328 g/mol. The SMILES string of the molecule is CCn1cc(Br)cc1C(=O)N1C[C@@H](C)[C@H](C(=O)O)C1. The lowest BCUT2D eigenvalue weighted by Crippen LogP contribution is -2.31. The summed E-state index contributed by atoms with van der Waals surface area (Å²) in [6.45, 7) is 5.35. The summed E-state index contributed by atoms with van der Waals surface area (Å²) in [5.41, 5.74) is 0.604. The van der Waals surface area contributed by atoms with Crippen LogP contribution in [-0.2, 0) is 11.3 Å². The number of hydrogen-bond donors (Lipinski definition) is 1. The number of rotatable bonds is 3. The fourth-order valence-corrected chi connectivity index (χ4v) is 3.00. The molecular weight excluding hydrogens is 312 g/mol. The summed E-state index contributed by atoms with van der Waals surface area (Å²) in [5.74, 6) is -1.38. The number of likely N-dealkylation sites (tertiary alicyclic amines) is 1. The number of hydrogen-bond acceptors (Lipinski definition) is 2. The number of aryl methyl sites for hydroxylation is 1. The van der Waals surface area contributed by atoms with E-state index in [1.165, 1.54) is 0 Å². The van der Waals surface area contributed by atoms with Crippen LogP contribution in [0.25, 0.3) is 0 Å². The Hall–Kier alpha value is -1.30. The Bertz CT molecular complexity index is 512. The van der Waals surface area contributed by atoms with Crippen LogP contribution < -0.4 is 0 Å². The smallest absolute Gasteiger partial charge is 0.308 e. The second kappa shape index (κ2) is 5.36. The van der Waals surface area contributed by atoms with Crippen molar-refractivity contribution in [3.8, 4) is 0 Å². The molecule has 0 bridgehead atoms. The molecule has 0 aromatic carbocycles. The van der Waals surface area contributed by atoms with Gasteiger partial charge in [-0.25, -0.2) is 0 Å². The van der Waals surface area contributed by atoms with Gasteiger partial charge in [0, 0.05) is 30.3 Å². The molecule has 19 heavy (non-hydrogen) atoms. The molecule has 0 saturated carbocycles. The first-order valence-corrected chi connectivity index (χ1v) is 7.11. The molecule has 2 rings (SSSR count). The first-order chi connectivity index (χ1) is 8.93. The van der Waals surface area contributed by atoms with Crippen LogP contribution >= 0.6 is 15.9 Å². The molecule has 1 fully saturated rings. The second-order valence-electron chi connectivity index (χ2n) is 4.96. The summed E-state index contributed by atoms with van der Waals surface area (Å²) in [6, 6.07) is 1.78. The van der Waals surface area contributed by atoms with Gasteiger partial charge in [-0.15, -0.1) is 0 Å². The number of amides is 1. The molecule has 0 spiro atoms. The van der Waals surface area contributed by atoms with E-state index in [0.29, 0.717) is 25.3 Å². The maximum absolute atomic E-state index is 12.4. The van der Waals surface area contributed by atoms with Gasteiger partial charge in [0.1, 0.15) is 5.69 Å². The normalized spacial score (nSPS) is 22.8.